The van der Waals surface area contributed by atoms with Crippen molar-refractivity contribution in [2.24, 2.45) is 4.99 Å². The van der Waals surface area contributed by atoms with E-state index in [2.05, 4.69) is 34.1 Å². The first kappa shape index (κ1) is 20.6. The summed E-state index contributed by atoms with van der Waals surface area (Å²) in [4.78, 5) is 8.84. The largest absolute Gasteiger partial charge is 0.383 e. The molecule has 1 aliphatic rings. The lowest BCUT2D eigenvalue weighted by molar-refractivity contribution is -0.0605. The lowest BCUT2D eigenvalue weighted by Crippen LogP contribution is -2.51. The maximum atomic E-state index is 13.2. The molecule has 1 N–H and O–H groups in total. The monoisotopic (exact) mass is 366 g/mol. The number of hydrogen-bond acceptors (Lipinski definition) is 4. The van der Waals surface area contributed by atoms with Gasteiger partial charge in [-0.3, -0.25) is 4.99 Å². The number of likely N-dealkylation sites (N-methyl/N-ethyl adjacent to an activating group) is 1. The summed E-state index contributed by atoms with van der Waals surface area (Å²) >= 11 is 0. The molecule has 7 heteroatoms. The summed E-state index contributed by atoms with van der Waals surface area (Å²) in [5.74, 6) is 0.636. The van der Waals surface area contributed by atoms with E-state index < -0.39 is 0 Å². The Morgan fingerprint density at radius 2 is 2.08 bits per heavy atom. The molecular weight excluding hydrogens is 335 g/mol. The fraction of sp³-hybridized carbons (Fsp3) is 0.632. The van der Waals surface area contributed by atoms with Gasteiger partial charge in [0, 0.05) is 40.3 Å². The predicted octanol–water partition coefficient (Wildman–Crippen LogP) is 1.74. The lowest BCUT2D eigenvalue weighted by Gasteiger charge is -2.38. The van der Waals surface area contributed by atoms with Gasteiger partial charge in [0.1, 0.15) is 11.9 Å². The van der Waals surface area contributed by atoms with Gasteiger partial charge in [0.25, 0.3) is 0 Å². The number of morpholine rings is 1. The van der Waals surface area contributed by atoms with Crippen LogP contribution < -0.4 is 5.32 Å². The summed E-state index contributed by atoms with van der Waals surface area (Å²) in [6.07, 6.45) is -0.0241. The van der Waals surface area contributed by atoms with Gasteiger partial charge in [0.15, 0.2) is 5.96 Å². The highest BCUT2D eigenvalue weighted by atomic mass is 19.1. The van der Waals surface area contributed by atoms with Crippen LogP contribution in [0.1, 0.15) is 18.6 Å². The van der Waals surface area contributed by atoms with Crippen molar-refractivity contribution in [1.82, 2.24) is 15.1 Å². The first-order chi connectivity index (χ1) is 12.5. The number of nitrogens with zero attached hydrogens (tertiary/aromatic N) is 3. The van der Waals surface area contributed by atoms with Gasteiger partial charge in [0.05, 0.1) is 19.3 Å². The number of benzene rings is 1. The summed E-state index contributed by atoms with van der Waals surface area (Å²) in [5.41, 5.74) is 0.984. The Labute approximate surface area is 156 Å². The molecule has 1 aromatic carbocycles. The van der Waals surface area contributed by atoms with Crippen molar-refractivity contribution >= 4 is 5.96 Å². The summed E-state index contributed by atoms with van der Waals surface area (Å²) in [5, 5.41) is 3.43. The van der Waals surface area contributed by atoms with Crippen LogP contribution in [0.15, 0.2) is 29.3 Å². The Hall–Kier alpha value is -1.70. The SMILES string of the molecule is CN=C(NCCN(C)CCOC)N1CC(C)OC(c2ccc(F)cc2)C1. The zero-order valence-corrected chi connectivity index (χ0v) is 16.2. The average molecular weight is 366 g/mol. The first-order valence-corrected chi connectivity index (χ1v) is 9.07. The van der Waals surface area contributed by atoms with Crippen LogP contribution in [0.4, 0.5) is 4.39 Å². The molecule has 1 fully saturated rings. The number of rotatable bonds is 7. The van der Waals surface area contributed by atoms with Crippen molar-refractivity contribution in [3.63, 3.8) is 0 Å². The van der Waals surface area contributed by atoms with Crippen LogP contribution in [0.25, 0.3) is 0 Å². The van der Waals surface area contributed by atoms with Crippen molar-refractivity contribution in [2.45, 2.75) is 19.1 Å². The summed E-state index contributed by atoms with van der Waals surface area (Å²) < 4.78 is 24.3. The third-order valence-electron chi connectivity index (χ3n) is 4.47. The van der Waals surface area contributed by atoms with Crippen molar-refractivity contribution in [2.75, 3.05) is 60.5 Å². The van der Waals surface area contributed by atoms with E-state index in [9.17, 15) is 4.39 Å². The van der Waals surface area contributed by atoms with Gasteiger partial charge in [-0.25, -0.2) is 4.39 Å². The molecule has 1 heterocycles. The zero-order chi connectivity index (χ0) is 18.9. The van der Waals surface area contributed by atoms with Gasteiger partial charge in [-0.1, -0.05) is 12.1 Å². The van der Waals surface area contributed by atoms with Crippen LogP contribution in [0.3, 0.4) is 0 Å². The standard InChI is InChI=1S/C19H31FN4O2/c1-15-13-24(14-18(26-15)16-5-7-17(20)8-6-16)19(21-2)22-9-10-23(3)11-12-25-4/h5-8,15,18H,9-14H2,1-4H3,(H,21,22). The van der Waals surface area contributed by atoms with Crippen molar-refractivity contribution in [3.8, 4) is 0 Å². The Bertz CT molecular complexity index is 567. The second kappa shape index (κ2) is 10.4. The van der Waals surface area contributed by atoms with Crippen LogP contribution in [-0.4, -0.2) is 82.4 Å². The molecule has 6 nitrogen and oxygen atoms in total. The Morgan fingerprint density at radius 1 is 1.35 bits per heavy atom. The number of aliphatic imine (C=N–C) groups is 1. The minimum absolute atomic E-state index is 0.0710. The summed E-state index contributed by atoms with van der Waals surface area (Å²) in [7, 11) is 5.58. The molecule has 2 unspecified atom stereocenters. The van der Waals surface area contributed by atoms with Gasteiger partial charge in [-0.2, -0.15) is 0 Å². The van der Waals surface area contributed by atoms with Gasteiger partial charge in [-0.05, 0) is 31.7 Å². The molecule has 0 saturated carbocycles. The van der Waals surface area contributed by atoms with Crippen molar-refractivity contribution in [3.05, 3.63) is 35.6 Å². The van der Waals surface area contributed by atoms with Gasteiger partial charge in [-0.15, -0.1) is 0 Å². The van der Waals surface area contributed by atoms with Crippen LogP contribution in [0.5, 0.6) is 0 Å². The summed E-state index contributed by atoms with van der Waals surface area (Å²) in [6.45, 7) is 6.85. The second-order valence-electron chi connectivity index (χ2n) is 6.66. The molecular formula is C19H31FN4O2. The molecule has 1 aromatic rings. The van der Waals surface area contributed by atoms with Gasteiger partial charge in [0.2, 0.25) is 0 Å². The number of hydrogen-bond donors (Lipinski definition) is 1. The number of methoxy groups -OCH3 is 1. The molecule has 1 aliphatic heterocycles. The Morgan fingerprint density at radius 3 is 2.73 bits per heavy atom. The Balaban J connectivity index is 1.91. The molecule has 2 atom stereocenters. The number of nitrogens with one attached hydrogen (secondary N) is 1. The van der Waals surface area contributed by atoms with E-state index in [1.54, 1.807) is 26.3 Å². The molecule has 0 aliphatic carbocycles. The smallest absolute Gasteiger partial charge is 0.193 e. The lowest BCUT2D eigenvalue weighted by atomic mass is 10.1. The molecule has 1 saturated heterocycles. The second-order valence-corrected chi connectivity index (χ2v) is 6.66. The normalized spacial score (nSPS) is 21.3. The number of guanidine groups is 1. The highest BCUT2D eigenvalue weighted by Gasteiger charge is 2.28. The predicted molar refractivity (Wildman–Crippen MR) is 102 cm³/mol. The van der Waals surface area contributed by atoms with Crippen molar-refractivity contribution < 1.29 is 13.9 Å². The molecule has 26 heavy (non-hydrogen) atoms. The van der Waals surface area contributed by atoms with E-state index in [1.165, 1.54) is 12.1 Å². The highest BCUT2D eigenvalue weighted by Crippen LogP contribution is 2.25. The van der Waals surface area contributed by atoms with Crippen LogP contribution in [-0.2, 0) is 9.47 Å². The Kier molecular flexibility index (Phi) is 8.28. The summed E-state index contributed by atoms with van der Waals surface area (Å²) in [6, 6.07) is 6.53. The maximum Gasteiger partial charge on any atom is 0.193 e. The zero-order valence-electron chi connectivity index (χ0n) is 16.2. The van der Waals surface area contributed by atoms with E-state index in [1.807, 2.05) is 0 Å². The van der Waals surface area contributed by atoms with Gasteiger partial charge < -0.3 is 24.6 Å². The van der Waals surface area contributed by atoms with E-state index in [0.717, 1.165) is 44.3 Å². The highest BCUT2D eigenvalue weighted by molar-refractivity contribution is 5.80. The van der Waals surface area contributed by atoms with Crippen molar-refractivity contribution in [1.29, 1.82) is 0 Å². The van der Waals surface area contributed by atoms with E-state index in [-0.39, 0.29) is 18.0 Å². The molecule has 0 amide bonds. The minimum Gasteiger partial charge on any atom is -0.383 e. The first-order valence-electron chi connectivity index (χ1n) is 9.07. The van der Waals surface area contributed by atoms with Crippen LogP contribution in [0.2, 0.25) is 0 Å². The van der Waals surface area contributed by atoms with E-state index in [0.29, 0.717) is 6.54 Å². The number of halogens is 1. The number of ether oxygens (including phenoxy) is 2. The average Bonchev–Trinajstić information content (AvgIpc) is 2.63. The third kappa shape index (κ3) is 6.23. The molecule has 0 spiro atoms. The minimum atomic E-state index is -0.232. The topological polar surface area (TPSA) is 49.3 Å². The van der Waals surface area contributed by atoms with Crippen LogP contribution in [0, 0.1) is 5.82 Å². The fourth-order valence-electron chi connectivity index (χ4n) is 3.04. The van der Waals surface area contributed by atoms with E-state index >= 15 is 0 Å². The molecule has 0 bridgehead atoms. The fourth-order valence-corrected chi connectivity index (χ4v) is 3.04. The molecule has 0 radical (unpaired) electrons. The van der Waals surface area contributed by atoms with E-state index in [4.69, 9.17) is 9.47 Å². The van der Waals surface area contributed by atoms with Gasteiger partial charge >= 0.3 is 0 Å². The molecule has 146 valence electrons. The quantitative estimate of drug-likeness (QED) is 0.588. The molecule has 0 aromatic heterocycles. The maximum absolute atomic E-state index is 13.2. The van der Waals surface area contributed by atoms with Crippen LogP contribution >= 0.6 is 0 Å². The third-order valence-corrected chi connectivity index (χ3v) is 4.47. The molecule has 2 rings (SSSR count).